The number of aryl methyl sites for hydroxylation is 2. The molecule has 0 bridgehead atoms. The molecule has 8 heteroatoms. The molecule has 33 heavy (non-hydrogen) atoms. The van der Waals surface area contributed by atoms with E-state index in [0.29, 0.717) is 18.7 Å². The predicted molar refractivity (Wildman–Crippen MR) is 133 cm³/mol. The second-order valence-corrected chi connectivity index (χ2v) is 10.4. The number of amides is 2. The molecule has 0 radical (unpaired) electrons. The van der Waals surface area contributed by atoms with Gasteiger partial charge < -0.3 is 10.2 Å². The normalized spacial score (nSPS) is 12.2. The van der Waals surface area contributed by atoms with Crippen molar-refractivity contribution in [1.82, 2.24) is 10.2 Å². The molecule has 180 valence electrons. The number of nitrogens with one attached hydrogen (secondary N) is 1. The minimum absolute atomic E-state index is 0.129. The van der Waals surface area contributed by atoms with E-state index in [0.717, 1.165) is 22.3 Å². The Bertz CT molecular complexity index is 1080. The van der Waals surface area contributed by atoms with Gasteiger partial charge >= 0.3 is 0 Å². The van der Waals surface area contributed by atoms with Gasteiger partial charge in [-0.2, -0.15) is 0 Å². The summed E-state index contributed by atoms with van der Waals surface area (Å²) in [5.41, 5.74) is 4.56. The van der Waals surface area contributed by atoms with Crippen molar-refractivity contribution in [3.05, 3.63) is 64.7 Å². The van der Waals surface area contributed by atoms with Crippen LogP contribution in [0, 0.1) is 20.8 Å². The van der Waals surface area contributed by atoms with Gasteiger partial charge in [-0.05, 0) is 56.9 Å². The van der Waals surface area contributed by atoms with E-state index in [-0.39, 0.29) is 24.8 Å². The Morgan fingerprint density at radius 2 is 1.67 bits per heavy atom. The molecule has 0 aliphatic rings. The minimum Gasteiger partial charge on any atom is -0.357 e. The van der Waals surface area contributed by atoms with Crippen LogP contribution in [0.3, 0.4) is 0 Å². The maximum Gasteiger partial charge on any atom is 0.242 e. The Morgan fingerprint density at radius 3 is 2.24 bits per heavy atom. The molecular formula is C25H35N3O4S. The van der Waals surface area contributed by atoms with Gasteiger partial charge in [0.1, 0.15) is 6.04 Å². The van der Waals surface area contributed by atoms with Crippen molar-refractivity contribution >= 4 is 27.5 Å². The number of likely N-dealkylation sites (N-methyl/N-ethyl adjacent to an activating group) is 1. The van der Waals surface area contributed by atoms with Crippen molar-refractivity contribution < 1.29 is 18.0 Å². The molecule has 0 saturated heterocycles. The maximum atomic E-state index is 13.1. The number of sulfonamides is 1. The van der Waals surface area contributed by atoms with E-state index in [4.69, 9.17) is 0 Å². The summed E-state index contributed by atoms with van der Waals surface area (Å²) < 4.78 is 26.3. The highest BCUT2D eigenvalue weighted by Crippen LogP contribution is 2.25. The lowest BCUT2D eigenvalue weighted by atomic mass is 10.1. The molecular weight excluding hydrogens is 438 g/mol. The van der Waals surface area contributed by atoms with E-state index >= 15 is 0 Å². The Kier molecular flexibility index (Phi) is 9.05. The first-order valence-electron chi connectivity index (χ1n) is 11.1. The van der Waals surface area contributed by atoms with Crippen LogP contribution in [0.15, 0.2) is 42.5 Å². The van der Waals surface area contributed by atoms with E-state index in [9.17, 15) is 18.0 Å². The quantitative estimate of drug-likeness (QED) is 0.574. The lowest BCUT2D eigenvalue weighted by Gasteiger charge is -2.29. The van der Waals surface area contributed by atoms with Crippen LogP contribution in [0.1, 0.15) is 42.0 Å². The van der Waals surface area contributed by atoms with Crippen molar-refractivity contribution in [2.75, 3.05) is 24.2 Å². The molecule has 0 heterocycles. The Labute approximate surface area is 197 Å². The van der Waals surface area contributed by atoms with Gasteiger partial charge in [-0.25, -0.2) is 8.42 Å². The van der Waals surface area contributed by atoms with Crippen molar-refractivity contribution in [3.63, 3.8) is 0 Å². The smallest absolute Gasteiger partial charge is 0.242 e. The van der Waals surface area contributed by atoms with Crippen LogP contribution in [-0.4, -0.2) is 51.0 Å². The molecule has 0 aliphatic carbocycles. The summed E-state index contributed by atoms with van der Waals surface area (Å²) in [6, 6.07) is 12.7. The fourth-order valence-corrected chi connectivity index (χ4v) is 4.69. The average molecular weight is 474 g/mol. The Balaban J connectivity index is 2.17. The summed E-state index contributed by atoms with van der Waals surface area (Å²) in [7, 11) is -1.97. The third-order valence-corrected chi connectivity index (χ3v) is 7.06. The first-order chi connectivity index (χ1) is 15.5. The minimum atomic E-state index is -3.52. The standard InChI is InChI=1S/C25H35N3O4S/c1-18-12-14-22(15-13-18)17-27(21(4)25(30)26-5)24(29)11-8-16-28(33(6,31)32)23-10-7-9-19(2)20(23)3/h7,9-10,12-15,21H,8,11,16-17H2,1-6H3,(H,26,30)/t21-/m0/s1. The summed E-state index contributed by atoms with van der Waals surface area (Å²) in [6.45, 7) is 8.00. The summed E-state index contributed by atoms with van der Waals surface area (Å²) in [5.74, 6) is -0.440. The van der Waals surface area contributed by atoms with E-state index in [1.807, 2.05) is 57.2 Å². The van der Waals surface area contributed by atoms with Gasteiger partial charge in [0, 0.05) is 26.6 Å². The lowest BCUT2D eigenvalue weighted by Crippen LogP contribution is -2.46. The molecule has 0 spiro atoms. The molecule has 2 aromatic carbocycles. The van der Waals surface area contributed by atoms with E-state index in [1.165, 1.54) is 10.6 Å². The first-order valence-corrected chi connectivity index (χ1v) is 12.9. The fourth-order valence-electron chi connectivity index (χ4n) is 3.67. The number of carbonyl (C=O) groups is 2. The van der Waals surface area contributed by atoms with Crippen LogP contribution >= 0.6 is 0 Å². The molecule has 0 unspecified atom stereocenters. The predicted octanol–water partition coefficient (Wildman–Crippen LogP) is 3.32. The van der Waals surface area contributed by atoms with Crippen molar-refractivity contribution in [2.24, 2.45) is 0 Å². The Hall–Kier alpha value is -2.87. The molecule has 2 rings (SSSR count). The van der Waals surface area contributed by atoms with Gasteiger partial charge in [0.05, 0.1) is 11.9 Å². The summed E-state index contributed by atoms with van der Waals surface area (Å²) in [6.07, 6.45) is 1.64. The summed E-state index contributed by atoms with van der Waals surface area (Å²) in [5, 5.41) is 2.60. The molecule has 2 aromatic rings. The molecule has 1 atom stereocenters. The molecule has 2 amide bonds. The van der Waals surface area contributed by atoms with Crippen LogP contribution in [0.25, 0.3) is 0 Å². The number of rotatable bonds is 10. The van der Waals surface area contributed by atoms with E-state index < -0.39 is 16.1 Å². The third-order valence-electron chi connectivity index (χ3n) is 5.88. The topological polar surface area (TPSA) is 86.8 Å². The molecule has 0 aromatic heterocycles. The molecule has 0 saturated carbocycles. The summed E-state index contributed by atoms with van der Waals surface area (Å²) in [4.78, 5) is 27.0. The fraction of sp³-hybridized carbons (Fsp3) is 0.440. The lowest BCUT2D eigenvalue weighted by molar-refractivity contribution is -0.140. The number of hydrogen-bond donors (Lipinski definition) is 1. The van der Waals surface area contributed by atoms with Crippen LogP contribution in [0.4, 0.5) is 5.69 Å². The van der Waals surface area contributed by atoms with E-state index in [2.05, 4.69) is 5.32 Å². The van der Waals surface area contributed by atoms with Crippen LogP contribution in [0.2, 0.25) is 0 Å². The molecule has 0 aliphatic heterocycles. The molecule has 7 nitrogen and oxygen atoms in total. The highest BCUT2D eigenvalue weighted by Gasteiger charge is 2.26. The number of hydrogen-bond acceptors (Lipinski definition) is 4. The van der Waals surface area contributed by atoms with Crippen LogP contribution in [-0.2, 0) is 26.2 Å². The van der Waals surface area contributed by atoms with Gasteiger partial charge in [0.25, 0.3) is 0 Å². The molecule has 0 fully saturated rings. The zero-order valence-electron chi connectivity index (χ0n) is 20.4. The first kappa shape index (κ1) is 26.4. The van der Waals surface area contributed by atoms with Gasteiger partial charge in [0.15, 0.2) is 0 Å². The number of nitrogens with zero attached hydrogens (tertiary/aromatic N) is 2. The number of benzene rings is 2. The van der Waals surface area contributed by atoms with Crippen molar-refractivity contribution in [3.8, 4) is 0 Å². The largest absolute Gasteiger partial charge is 0.357 e. The van der Waals surface area contributed by atoms with E-state index in [1.54, 1.807) is 24.9 Å². The molecule has 1 N–H and O–H groups in total. The third kappa shape index (κ3) is 7.05. The maximum absolute atomic E-state index is 13.1. The van der Waals surface area contributed by atoms with Gasteiger partial charge in [-0.1, -0.05) is 42.0 Å². The Morgan fingerprint density at radius 1 is 1.03 bits per heavy atom. The number of anilines is 1. The zero-order valence-corrected chi connectivity index (χ0v) is 21.2. The second-order valence-electron chi connectivity index (χ2n) is 8.46. The average Bonchev–Trinajstić information content (AvgIpc) is 2.76. The van der Waals surface area contributed by atoms with Gasteiger partial charge in [-0.15, -0.1) is 0 Å². The van der Waals surface area contributed by atoms with Crippen LogP contribution < -0.4 is 9.62 Å². The number of carbonyl (C=O) groups excluding carboxylic acids is 2. The zero-order chi connectivity index (χ0) is 24.8. The second kappa shape index (κ2) is 11.3. The van der Waals surface area contributed by atoms with Crippen molar-refractivity contribution in [1.29, 1.82) is 0 Å². The highest BCUT2D eigenvalue weighted by atomic mass is 32.2. The van der Waals surface area contributed by atoms with Gasteiger partial charge in [0.2, 0.25) is 21.8 Å². The SMILES string of the molecule is CNC(=O)[C@H](C)N(Cc1ccc(C)cc1)C(=O)CCCN(c1cccc(C)c1C)S(C)(=O)=O. The summed E-state index contributed by atoms with van der Waals surface area (Å²) >= 11 is 0. The highest BCUT2D eigenvalue weighted by molar-refractivity contribution is 7.92. The van der Waals surface area contributed by atoms with Crippen LogP contribution in [0.5, 0.6) is 0 Å². The van der Waals surface area contributed by atoms with Gasteiger partial charge in [-0.3, -0.25) is 13.9 Å². The monoisotopic (exact) mass is 473 g/mol. The van der Waals surface area contributed by atoms with Crippen molar-refractivity contribution in [2.45, 2.75) is 53.1 Å².